The highest BCUT2D eigenvalue weighted by Crippen LogP contribution is 2.71. The number of phosphoric acid groups is 4. The summed E-state index contributed by atoms with van der Waals surface area (Å²) < 4.78 is 82.8. The van der Waals surface area contributed by atoms with Crippen LogP contribution in [-0.2, 0) is 59.3 Å². The molecule has 2 aromatic heterocycles. The van der Waals surface area contributed by atoms with Crippen LogP contribution >= 0.6 is 64.6 Å². The van der Waals surface area contributed by atoms with Gasteiger partial charge >= 0.3 is 43.0 Å². The minimum Gasteiger partial charge on any atom is -0.387 e. The van der Waals surface area contributed by atoms with Crippen molar-refractivity contribution >= 4 is 106 Å². The second-order valence-electron chi connectivity index (χ2n) is 18.3. The molecule has 0 bridgehead atoms. The van der Waals surface area contributed by atoms with Crippen molar-refractivity contribution in [2.45, 2.75) is 98.5 Å². The molecule has 4 saturated heterocycles. The molecule has 5 aliphatic rings. The predicted octanol–water partition coefficient (Wildman–Crippen LogP) is -2.59. The first-order chi connectivity index (χ1) is 38.0. The van der Waals surface area contributed by atoms with Gasteiger partial charge in [0.2, 0.25) is 17.8 Å². The number of phosphoric ester groups is 2. The summed E-state index contributed by atoms with van der Waals surface area (Å²) in [5, 5.41) is 54.4. The number of aromatic nitrogens is 4. The number of aromatic amines is 2. The van der Waals surface area contributed by atoms with E-state index >= 15 is 0 Å². The number of nitrogens with one attached hydrogen (secondary N) is 6. The summed E-state index contributed by atoms with van der Waals surface area (Å²) in [6.45, 7) is -2.20. The van der Waals surface area contributed by atoms with Crippen molar-refractivity contribution < 1.29 is 104 Å². The Hall–Kier alpha value is -3.72. The smallest absolute Gasteiger partial charge is 0.387 e. The number of hydrogen-bond donors (Lipinski definition) is 15. The Morgan fingerprint density at radius 3 is 2.09 bits per heavy atom. The minimum atomic E-state index is -6.33. The van der Waals surface area contributed by atoms with E-state index in [1.807, 2.05) is 16.7 Å². The highest BCUT2D eigenvalue weighted by atomic mass is 33.1. The lowest BCUT2D eigenvalue weighted by molar-refractivity contribution is -0.121. The maximum Gasteiger partial charge on any atom is 0.490 e. The third-order valence-corrected chi connectivity index (χ3v) is 22.2. The molecule has 7 rings (SSSR count). The van der Waals surface area contributed by atoms with Gasteiger partial charge in [0.05, 0.1) is 37.5 Å². The first kappa shape index (κ1) is 64.8. The molecule has 43 heteroatoms. The van der Waals surface area contributed by atoms with Gasteiger partial charge in [0.15, 0.2) is 18.3 Å². The van der Waals surface area contributed by atoms with Crippen molar-refractivity contribution in [3.63, 3.8) is 0 Å². The number of carbonyl (C=O) groups excluding carboxylic acids is 3. The Morgan fingerprint density at radius 2 is 1.42 bits per heavy atom. The van der Waals surface area contributed by atoms with Gasteiger partial charge in [-0.3, -0.25) is 42.8 Å². The van der Waals surface area contributed by atoms with E-state index in [9.17, 15) is 87.0 Å². The van der Waals surface area contributed by atoms with E-state index < -0.39 is 110 Å². The van der Waals surface area contributed by atoms with Crippen molar-refractivity contribution in [1.82, 2.24) is 40.8 Å². The summed E-state index contributed by atoms with van der Waals surface area (Å²) in [7, 11) is -20.1. The van der Waals surface area contributed by atoms with E-state index in [2.05, 4.69) is 53.2 Å². The van der Waals surface area contributed by atoms with E-state index in [1.165, 1.54) is 50.6 Å². The molecule has 81 heavy (non-hydrogen) atoms. The third kappa shape index (κ3) is 17.5. The highest BCUT2D eigenvalue weighted by Gasteiger charge is 2.52. The van der Waals surface area contributed by atoms with Gasteiger partial charge in [-0.2, -0.15) is 29.7 Å². The summed E-state index contributed by atoms with van der Waals surface area (Å²) in [5.74, 6) is 1.21. The van der Waals surface area contributed by atoms with Gasteiger partial charge in [-0.15, -0.1) is 0 Å². The van der Waals surface area contributed by atoms with Crippen molar-refractivity contribution in [3.05, 3.63) is 49.0 Å². The number of ether oxygens (including phenoxy) is 2. The number of nitrogens with zero attached hydrogens (tertiary/aromatic N) is 4. The van der Waals surface area contributed by atoms with Crippen LogP contribution in [0.5, 0.6) is 0 Å². The number of aliphatic hydroxyl groups excluding tert-OH is 4. The maximum atomic E-state index is 12.8. The molecular formula is C38H59N11O25P4S3. The molecule has 36 nitrogen and oxygen atoms in total. The van der Waals surface area contributed by atoms with Gasteiger partial charge in [-0.05, 0) is 12.8 Å². The fraction of sp³-hybridized carbons (Fsp3) is 0.658. The van der Waals surface area contributed by atoms with Crippen molar-refractivity contribution in [2.75, 3.05) is 72.8 Å². The highest BCUT2D eigenvalue weighted by molar-refractivity contribution is 8.76. The van der Waals surface area contributed by atoms with Crippen molar-refractivity contribution in [3.8, 4) is 0 Å². The molecule has 15 atom stereocenters. The average Bonchev–Trinajstić information content (AvgIpc) is 4.20. The van der Waals surface area contributed by atoms with Gasteiger partial charge in [0.1, 0.15) is 42.3 Å². The van der Waals surface area contributed by atoms with Gasteiger partial charge < -0.3 is 86.3 Å². The Morgan fingerprint density at radius 1 is 0.815 bits per heavy atom. The number of nitrogens with two attached hydrogens (primary N) is 1. The molecule has 0 radical (unpaired) electrons. The number of unbranched alkanes of at least 4 members (excludes halogenated alkanes) is 1. The van der Waals surface area contributed by atoms with E-state index in [0.717, 1.165) is 31.2 Å². The zero-order valence-electron chi connectivity index (χ0n) is 42.2. The lowest BCUT2D eigenvalue weighted by Crippen LogP contribution is -2.45. The molecule has 454 valence electrons. The van der Waals surface area contributed by atoms with Crippen LogP contribution in [0.25, 0.3) is 6.08 Å². The molecule has 5 aliphatic heterocycles. The lowest BCUT2D eigenvalue weighted by atomic mass is 10.0. The first-order valence-corrected chi connectivity index (χ1v) is 33.7. The monoisotopic (exact) mass is 1290 g/mol. The molecule has 7 heterocycles. The van der Waals surface area contributed by atoms with Crippen molar-refractivity contribution in [1.29, 1.82) is 0 Å². The first-order valence-electron chi connectivity index (χ1n) is 24.2. The molecule has 0 spiro atoms. The number of thioether (sulfide) groups is 1. The standard InChI is InChI=1S/C38H59N11O25P4S3/c1-47-17-49(31-26(47)33(57)45-36(39)44-31)35-30(55)28(53)21(71-35)15-69-76(62,63)73-78(66,67)74-77(64,65)72-75(60,61)68-14-20-27(52)29(54)34(70-20)48-13-18(32(56)46-38(48)59)5-4-9-40-24(51)8-11-80-81-12-10-41-23(50)7-3-2-6-22-25-19(16-79-22)42-37(58)43-25/h4-5,13,19-22,25,27-30,34-35,52-55H,2-3,6-12,14-17H2,1H3,(H,40,51)(H,41,50)(H,60,61)(H,62,63)(H,64,65)(H,66,67)(H2,42,43,58)(H,46,56,59)(H3,39,44,45,57)/t19-,20+,21+,22-,25-,27-,28?,29?,30?,34+,35+/m0/s1. The summed E-state index contributed by atoms with van der Waals surface area (Å²) in [5.41, 5.74) is 2.72. The fourth-order valence-corrected chi connectivity index (χ4v) is 17.1. The minimum absolute atomic E-state index is 0.0164. The van der Waals surface area contributed by atoms with Crippen LogP contribution in [0, 0.1) is 0 Å². The summed E-state index contributed by atoms with van der Waals surface area (Å²) >= 11 is 1.83. The zero-order chi connectivity index (χ0) is 59.2. The Labute approximate surface area is 469 Å². The average molecular weight is 1290 g/mol. The van der Waals surface area contributed by atoms with Gasteiger partial charge in [-0.1, -0.05) is 40.2 Å². The number of carbonyl (C=O) groups is 3. The predicted molar refractivity (Wildman–Crippen MR) is 286 cm³/mol. The topological polar surface area (TPSA) is 527 Å². The Balaban J connectivity index is 0.787. The number of anilines is 3. The van der Waals surface area contributed by atoms with Crippen LogP contribution < -0.4 is 53.6 Å². The van der Waals surface area contributed by atoms with Crippen LogP contribution in [0.4, 0.5) is 22.2 Å². The summed E-state index contributed by atoms with van der Waals surface area (Å²) in [6, 6.07) is 0.169. The summed E-state index contributed by atoms with van der Waals surface area (Å²) in [6.07, 6.45) is -7.96. The number of amides is 4. The van der Waals surface area contributed by atoms with Crippen LogP contribution in [0.1, 0.15) is 43.9 Å². The number of rotatable bonds is 29. The molecule has 2 aromatic rings. The van der Waals surface area contributed by atoms with Gasteiger partial charge in [0, 0.05) is 61.7 Å². The second kappa shape index (κ2) is 27.5. The molecule has 0 aliphatic carbocycles. The Kier molecular flexibility index (Phi) is 22.0. The van der Waals surface area contributed by atoms with E-state index in [1.54, 1.807) is 0 Å². The molecule has 0 aromatic carbocycles. The van der Waals surface area contributed by atoms with Gasteiger partial charge in [-0.25, -0.2) is 27.8 Å². The molecule has 4 amide bonds. The number of nitrogen functional groups attached to an aromatic ring is 1. The number of H-pyrrole nitrogens is 2. The number of hydrogen-bond acceptors (Lipinski definition) is 28. The van der Waals surface area contributed by atoms with E-state index in [0.29, 0.717) is 34.3 Å². The van der Waals surface area contributed by atoms with Gasteiger partial charge in [0.25, 0.3) is 11.1 Å². The Bertz CT molecular complexity index is 3040. The lowest BCUT2D eigenvalue weighted by Gasteiger charge is -2.27. The molecule has 0 saturated carbocycles. The van der Waals surface area contributed by atoms with Crippen molar-refractivity contribution in [2.24, 2.45) is 0 Å². The number of fused-ring (bicyclic) bond motifs is 2. The van der Waals surface area contributed by atoms with E-state index in [4.69, 9.17) is 15.2 Å². The van der Waals surface area contributed by atoms with Crippen LogP contribution in [0.15, 0.2) is 26.7 Å². The van der Waals surface area contributed by atoms with Crippen LogP contribution in [0.2, 0.25) is 0 Å². The van der Waals surface area contributed by atoms with Crippen LogP contribution in [0.3, 0.4) is 0 Å². The SMILES string of the molecule is CN1CN([C@@H]2O[C@H](COP(=O)(O)OP(=O)(O)OP(=O)(O)OP(=O)(O)OC[C@H]3O[C@@H](n4cc(C=CCNC(=O)CCSSCCNC(=O)CCCC[C@@H]5SC[C@@H]6NC(=O)N[C@@H]65)c(=O)[nH]c4=O)C(O)[C@H]3O)C(O)C2O)c2nc(N)[nH]c(=O)c21. The maximum absolute atomic E-state index is 12.8. The third-order valence-electron chi connectivity index (χ3n) is 12.4. The normalized spacial score (nSPS) is 29.1. The summed E-state index contributed by atoms with van der Waals surface area (Å²) in [4.78, 5) is 125. The van der Waals surface area contributed by atoms with Crippen LogP contribution in [-0.4, -0.2) is 195 Å². The quantitative estimate of drug-likeness (QED) is 0.0172. The number of aliphatic hydroxyl groups is 4. The molecule has 7 unspecified atom stereocenters. The largest absolute Gasteiger partial charge is 0.490 e. The zero-order valence-corrected chi connectivity index (χ0v) is 48.2. The number of urea groups is 1. The molecular weight excluding hydrogens is 1230 g/mol. The van der Waals surface area contributed by atoms with E-state index in [-0.39, 0.29) is 72.6 Å². The molecule has 4 fully saturated rings. The fourth-order valence-electron chi connectivity index (χ4n) is 8.71. The molecule has 16 N–H and O–H groups in total. The second-order valence-corrected chi connectivity index (χ2v) is 28.5.